The van der Waals surface area contributed by atoms with Crippen LogP contribution >= 0.6 is 0 Å². The number of pyridine rings is 1. The molecule has 0 amide bonds. The Hall–Kier alpha value is -2.55. The van der Waals surface area contributed by atoms with Crippen molar-refractivity contribution in [2.45, 2.75) is 6.18 Å². The number of nitriles is 1. The molecule has 0 bridgehead atoms. The molecule has 0 fully saturated rings. The molecule has 1 N–H and O–H groups in total. The highest BCUT2D eigenvalue weighted by Gasteiger charge is 2.31. The fourth-order valence-corrected chi connectivity index (χ4v) is 1.48. The van der Waals surface area contributed by atoms with Crippen LogP contribution < -0.4 is 5.32 Å². The molecule has 0 radical (unpaired) electrons. The van der Waals surface area contributed by atoms with E-state index in [9.17, 15) is 13.2 Å². The van der Waals surface area contributed by atoms with Crippen LogP contribution in [0.2, 0.25) is 0 Å². The molecule has 0 unspecified atom stereocenters. The topological polar surface area (TPSA) is 48.7 Å². The molecule has 96 valence electrons. The molecule has 1 aromatic carbocycles. The molecular formula is C13H8F3N3. The van der Waals surface area contributed by atoms with E-state index in [2.05, 4.69) is 10.3 Å². The Morgan fingerprint density at radius 3 is 2.42 bits per heavy atom. The third-order valence-corrected chi connectivity index (χ3v) is 2.38. The summed E-state index contributed by atoms with van der Waals surface area (Å²) in [5, 5.41) is 11.7. The molecule has 1 aromatic heterocycles. The van der Waals surface area contributed by atoms with Gasteiger partial charge >= 0.3 is 6.18 Å². The maximum atomic E-state index is 12.3. The van der Waals surface area contributed by atoms with Crippen LogP contribution in [0.25, 0.3) is 0 Å². The monoisotopic (exact) mass is 263 g/mol. The van der Waals surface area contributed by atoms with E-state index in [0.717, 1.165) is 12.3 Å². The summed E-state index contributed by atoms with van der Waals surface area (Å²) < 4.78 is 37.0. The van der Waals surface area contributed by atoms with E-state index in [4.69, 9.17) is 5.26 Å². The first-order valence-electron chi connectivity index (χ1n) is 5.30. The van der Waals surface area contributed by atoms with Crippen molar-refractivity contribution in [3.05, 3.63) is 53.9 Å². The molecule has 2 aromatic rings. The molecular weight excluding hydrogens is 255 g/mol. The van der Waals surface area contributed by atoms with Gasteiger partial charge in [-0.25, -0.2) is 4.98 Å². The maximum absolute atomic E-state index is 12.3. The number of anilines is 2. The van der Waals surface area contributed by atoms with Crippen molar-refractivity contribution in [2.24, 2.45) is 0 Å². The minimum atomic E-state index is -4.46. The third-order valence-electron chi connectivity index (χ3n) is 2.38. The first-order chi connectivity index (χ1) is 9.00. The van der Waals surface area contributed by atoms with Gasteiger partial charge in [0.25, 0.3) is 0 Å². The summed E-state index contributed by atoms with van der Waals surface area (Å²) >= 11 is 0. The molecule has 1 heterocycles. The molecule has 0 aliphatic carbocycles. The van der Waals surface area contributed by atoms with Crippen molar-refractivity contribution >= 4 is 11.4 Å². The van der Waals surface area contributed by atoms with Gasteiger partial charge in [-0.05, 0) is 24.3 Å². The second-order valence-corrected chi connectivity index (χ2v) is 3.71. The predicted octanol–water partition coefficient (Wildman–Crippen LogP) is 3.72. The van der Waals surface area contributed by atoms with Crippen molar-refractivity contribution in [3.8, 4) is 6.07 Å². The second kappa shape index (κ2) is 4.98. The zero-order valence-corrected chi connectivity index (χ0v) is 9.57. The number of hydrogen-bond acceptors (Lipinski definition) is 3. The smallest absolute Gasteiger partial charge is 0.353 e. The molecule has 0 atom stereocenters. The average molecular weight is 263 g/mol. The Labute approximate surface area is 107 Å². The van der Waals surface area contributed by atoms with Gasteiger partial charge in [-0.15, -0.1) is 0 Å². The van der Waals surface area contributed by atoms with Crippen molar-refractivity contribution in [2.75, 3.05) is 5.32 Å². The summed E-state index contributed by atoms with van der Waals surface area (Å²) in [5.74, 6) is 0. The lowest BCUT2D eigenvalue weighted by atomic mass is 10.2. The molecule has 0 saturated heterocycles. The van der Waals surface area contributed by atoms with Crippen LogP contribution in [0.5, 0.6) is 0 Å². The van der Waals surface area contributed by atoms with Crippen LogP contribution in [-0.2, 0) is 6.18 Å². The van der Waals surface area contributed by atoms with Crippen LogP contribution in [0.1, 0.15) is 11.3 Å². The predicted molar refractivity (Wildman–Crippen MR) is 63.7 cm³/mol. The summed E-state index contributed by atoms with van der Waals surface area (Å²) in [7, 11) is 0. The largest absolute Gasteiger partial charge is 0.433 e. The van der Waals surface area contributed by atoms with Gasteiger partial charge in [0.2, 0.25) is 0 Å². The molecule has 0 aliphatic heterocycles. The third kappa shape index (κ3) is 3.01. The normalized spacial score (nSPS) is 10.8. The van der Waals surface area contributed by atoms with Crippen molar-refractivity contribution in [1.82, 2.24) is 4.98 Å². The molecule has 19 heavy (non-hydrogen) atoms. The lowest BCUT2D eigenvalue weighted by Crippen LogP contribution is -2.07. The Morgan fingerprint density at radius 2 is 1.84 bits per heavy atom. The standard InChI is InChI=1S/C13H8F3N3/c14-13(15,16)12-6-5-10(8-18-12)19-11-4-2-1-3-9(11)7-17/h1-6,8,19H. The number of nitrogens with zero attached hydrogens (tertiary/aromatic N) is 2. The van der Waals surface area contributed by atoms with Gasteiger partial charge in [0, 0.05) is 0 Å². The summed E-state index contributed by atoms with van der Waals surface area (Å²) in [4.78, 5) is 3.33. The van der Waals surface area contributed by atoms with Gasteiger partial charge in [-0.1, -0.05) is 12.1 Å². The van der Waals surface area contributed by atoms with Gasteiger partial charge < -0.3 is 5.32 Å². The number of halogens is 3. The molecule has 0 aliphatic rings. The van der Waals surface area contributed by atoms with Crippen LogP contribution in [0.3, 0.4) is 0 Å². The quantitative estimate of drug-likeness (QED) is 0.898. The molecule has 2 rings (SSSR count). The average Bonchev–Trinajstić information content (AvgIpc) is 2.39. The summed E-state index contributed by atoms with van der Waals surface area (Å²) in [6, 6.07) is 10.8. The van der Waals surface area contributed by atoms with E-state index >= 15 is 0 Å². The number of hydrogen-bond donors (Lipinski definition) is 1. The molecule has 3 nitrogen and oxygen atoms in total. The highest BCUT2D eigenvalue weighted by molar-refractivity contribution is 5.65. The van der Waals surface area contributed by atoms with E-state index in [1.807, 2.05) is 6.07 Å². The number of alkyl halides is 3. The number of para-hydroxylation sites is 1. The Balaban J connectivity index is 2.23. The number of benzene rings is 1. The van der Waals surface area contributed by atoms with Crippen LogP contribution in [0.4, 0.5) is 24.5 Å². The van der Waals surface area contributed by atoms with Gasteiger partial charge in [-0.2, -0.15) is 18.4 Å². The number of rotatable bonds is 2. The second-order valence-electron chi connectivity index (χ2n) is 3.71. The zero-order valence-electron chi connectivity index (χ0n) is 9.57. The van der Waals surface area contributed by atoms with Crippen molar-refractivity contribution in [1.29, 1.82) is 5.26 Å². The van der Waals surface area contributed by atoms with Gasteiger partial charge in [0.05, 0.1) is 23.1 Å². The fraction of sp³-hybridized carbons (Fsp3) is 0.0769. The fourth-order valence-electron chi connectivity index (χ4n) is 1.48. The highest BCUT2D eigenvalue weighted by Crippen LogP contribution is 2.28. The Bertz CT molecular complexity index is 612. The van der Waals surface area contributed by atoms with Crippen LogP contribution in [0, 0.1) is 11.3 Å². The first kappa shape index (κ1) is 12.9. The lowest BCUT2D eigenvalue weighted by Gasteiger charge is -2.09. The maximum Gasteiger partial charge on any atom is 0.433 e. The zero-order chi connectivity index (χ0) is 13.9. The minimum absolute atomic E-state index is 0.385. The Morgan fingerprint density at radius 1 is 1.11 bits per heavy atom. The molecule has 6 heteroatoms. The van der Waals surface area contributed by atoms with E-state index in [-0.39, 0.29) is 0 Å². The van der Waals surface area contributed by atoms with Gasteiger partial charge in [0.1, 0.15) is 11.8 Å². The van der Waals surface area contributed by atoms with Crippen molar-refractivity contribution < 1.29 is 13.2 Å². The summed E-state index contributed by atoms with van der Waals surface area (Å²) in [6.07, 6.45) is -3.37. The van der Waals surface area contributed by atoms with E-state index in [1.54, 1.807) is 24.3 Å². The highest BCUT2D eigenvalue weighted by atomic mass is 19.4. The molecule has 0 saturated carbocycles. The van der Waals surface area contributed by atoms with E-state index in [0.29, 0.717) is 16.9 Å². The SMILES string of the molecule is N#Cc1ccccc1Nc1ccc(C(F)(F)F)nc1. The first-order valence-corrected chi connectivity index (χ1v) is 5.30. The summed E-state index contributed by atoms with van der Waals surface area (Å²) in [5.41, 5.74) is 0.358. The van der Waals surface area contributed by atoms with Crippen molar-refractivity contribution in [3.63, 3.8) is 0 Å². The van der Waals surface area contributed by atoms with E-state index < -0.39 is 11.9 Å². The minimum Gasteiger partial charge on any atom is -0.353 e. The molecule has 0 spiro atoms. The van der Waals surface area contributed by atoms with Gasteiger partial charge in [-0.3, -0.25) is 0 Å². The van der Waals surface area contributed by atoms with Gasteiger partial charge in [0.15, 0.2) is 0 Å². The van der Waals surface area contributed by atoms with E-state index in [1.165, 1.54) is 6.07 Å². The van der Waals surface area contributed by atoms with Crippen LogP contribution in [-0.4, -0.2) is 4.98 Å². The van der Waals surface area contributed by atoms with Crippen LogP contribution in [0.15, 0.2) is 42.6 Å². The number of aromatic nitrogens is 1. The summed E-state index contributed by atoms with van der Waals surface area (Å²) in [6.45, 7) is 0. The lowest BCUT2D eigenvalue weighted by molar-refractivity contribution is -0.141. The number of nitrogens with one attached hydrogen (secondary N) is 1. The Kier molecular flexibility index (Phi) is 3.38.